The summed E-state index contributed by atoms with van der Waals surface area (Å²) in [4.78, 5) is 13.7. The highest BCUT2D eigenvalue weighted by Gasteiger charge is 2.28. The van der Waals surface area contributed by atoms with Crippen LogP contribution in [0.2, 0.25) is 0 Å². The Balaban J connectivity index is 2.25. The van der Waals surface area contributed by atoms with Gasteiger partial charge >= 0.3 is 5.97 Å². The standard InChI is InChI=1S/C15H19F2NO3/c1-2-21-14(19)10-13(18-6-8-20-9-7-18)11-4-3-5-12(16)15(11)17/h3-5,13H,2,6-10H2,1H3. The lowest BCUT2D eigenvalue weighted by atomic mass is 10.0. The van der Waals surface area contributed by atoms with Gasteiger partial charge in [0.15, 0.2) is 11.6 Å². The number of morpholine rings is 1. The lowest BCUT2D eigenvalue weighted by Gasteiger charge is -2.34. The van der Waals surface area contributed by atoms with Gasteiger partial charge in [0.1, 0.15) is 0 Å². The summed E-state index contributed by atoms with van der Waals surface area (Å²) in [5.41, 5.74) is 0.185. The maximum atomic E-state index is 14.1. The predicted molar refractivity (Wildman–Crippen MR) is 72.7 cm³/mol. The van der Waals surface area contributed by atoms with E-state index < -0.39 is 23.6 Å². The van der Waals surface area contributed by atoms with E-state index >= 15 is 0 Å². The van der Waals surface area contributed by atoms with Gasteiger partial charge in [0, 0.05) is 24.7 Å². The zero-order valence-electron chi connectivity index (χ0n) is 12.0. The molecule has 6 heteroatoms. The zero-order chi connectivity index (χ0) is 15.2. The van der Waals surface area contributed by atoms with E-state index in [2.05, 4.69) is 0 Å². The van der Waals surface area contributed by atoms with E-state index in [4.69, 9.17) is 9.47 Å². The topological polar surface area (TPSA) is 38.8 Å². The van der Waals surface area contributed by atoms with Crippen LogP contribution in [0.5, 0.6) is 0 Å². The highest BCUT2D eigenvalue weighted by molar-refractivity contribution is 5.70. The highest BCUT2D eigenvalue weighted by atomic mass is 19.2. The van der Waals surface area contributed by atoms with Gasteiger partial charge in [-0.3, -0.25) is 9.69 Å². The summed E-state index contributed by atoms with van der Waals surface area (Å²) in [6.07, 6.45) is -0.00574. The van der Waals surface area contributed by atoms with Crippen LogP contribution in [0.1, 0.15) is 24.9 Å². The molecular formula is C15H19F2NO3. The molecule has 1 aliphatic heterocycles. The second-order valence-corrected chi connectivity index (χ2v) is 4.82. The van der Waals surface area contributed by atoms with Gasteiger partial charge in [-0.05, 0) is 13.0 Å². The first kappa shape index (κ1) is 15.9. The molecule has 1 atom stereocenters. The van der Waals surface area contributed by atoms with E-state index in [1.165, 1.54) is 12.1 Å². The van der Waals surface area contributed by atoms with Gasteiger partial charge in [-0.1, -0.05) is 12.1 Å². The van der Waals surface area contributed by atoms with Crippen LogP contribution < -0.4 is 0 Å². The smallest absolute Gasteiger partial charge is 0.307 e. The predicted octanol–water partition coefficient (Wildman–Crippen LogP) is 2.29. The summed E-state index contributed by atoms with van der Waals surface area (Å²) in [5.74, 6) is -2.23. The van der Waals surface area contributed by atoms with Gasteiger partial charge in [0.2, 0.25) is 0 Å². The van der Waals surface area contributed by atoms with Crippen molar-refractivity contribution in [3.05, 3.63) is 35.4 Å². The largest absolute Gasteiger partial charge is 0.466 e. The van der Waals surface area contributed by atoms with E-state index in [0.717, 1.165) is 6.07 Å². The van der Waals surface area contributed by atoms with Crippen molar-refractivity contribution in [2.24, 2.45) is 0 Å². The molecule has 0 radical (unpaired) electrons. The molecule has 4 nitrogen and oxygen atoms in total. The number of carbonyl (C=O) groups excluding carboxylic acids is 1. The molecule has 0 amide bonds. The van der Waals surface area contributed by atoms with E-state index in [1.54, 1.807) is 6.92 Å². The van der Waals surface area contributed by atoms with Crippen LogP contribution >= 0.6 is 0 Å². The summed E-state index contributed by atoms with van der Waals surface area (Å²) in [6.45, 7) is 4.14. The summed E-state index contributed by atoms with van der Waals surface area (Å²) >= 11 is 0. The molecule has 1 aromatic carbocycles. The fourth-order valence-electron chi connectivity index (χ4n) is 2.48. The third-order valence-corrected chi connectivity index (χ3v) is 3.49. The number of esters is 1. The number of nitrogens with zero attached hydrogens (tertiary/aromatic N) is 1. The number of carbonyl (C=O) groups is 1. The second-order valence-electron chi connectivity index (χ2n) is 4.82. The van der Waals surface area contributed by atoms with Crippen molar-refractivity contribution < 1.29 is 23.0 Å². The second kappa shape index (κ2) is 7.47. The zero-order valence-corrected chi connectivity index (χ0v) is 12.0. The molecule has 0 N–H and O–H groups in total. The van der Waals surface area contributed by atoms with Gasteiger partial charge in [0.05, 0.1) is 26.2 Å². The van der Waals surface area contributed by atoms with E-state index in [9.17, 15) is 13.6 Å². The van der Waals surface area contributed by atoms with Crippen LogP contribution in [0.3, 0.4) is 0 Å². The average Bonchev–Trinajstić information content (AvgIpc) is 2.49. The van der Waals surface area contributed by atoms with Crippen molar-refractivity contribution in [1.82, 2.24) is 4.90 Å². The Kier molecular flexibility index (Phi) is 5.64. The molecule has 2 rings (SSSR count). The fourth-order valence-corrected chi connectivity index (χ4v) is 2.48. The molecule has 0 saturated carbocycles. The first-order valence-corrected chi connectivity index (χ1v) is 7.04. The number of rotatable bonds is 5. The van der Waals surface area contributed by atoms with Crippen LogP contribution in [-0.2, 0) is 14.3 Å². The Bertz CT molecular complexity index is 490. The molecule has 116 valence electrons. The van der Waals surface area contributed by atoms with Crippen molar-refractivity contribution in [3.63, 3.8) is 0 Å². The lowest BCUT2D eigenvalue weighted by molar-refractivity contribution is -0.145. The summed E-state index contributed by atoms with van der Waals surface area (Å²) < 4.78 is 37.7. The van der Waals surface area contributed by atoms with E-state index in [-0.39, 0.29) is 18.6 Å². The van der Waals surface area contributed by atoms with Crippen LogP contribution in [0, 0.1) is 11.6 Å². The summed E-state index contributed by atoms with van der Waals surface area (Å²) in [6, 6.07) is 3.49. The molecule has 0 bridgehead atoms. The quantitative estimate of drug-likeness (QED) is 0.782. The molecule has 1 aromatic rings. The molecule has 1 heterocycles. The van der Waals surface area contributed by atoms with Gasteiger partial charge < -0.3 is 9.47 Å². The Hall–Kier alpha value is -1.53. The average molecular weight is 299 g/mol. The van der Waals surface area contributed by atoms with Gasteiger partial charge in [-0.25, -0.2) is 8.78 Å². The van der Waals surface area contributed by atoms with Crippen molar-refractivity contribution in [1.29, 1.82) is 0 Å². The minimum absolute atomic E-state index is 0.00574. The third kappa shape index (κ3) is 3.98. The maximum absolute atomic E-state index is 14.1. The van der Waals surface area contributed by atoms with Gasteiger partial charge in [-0.2, -0.15) is 0 Å². The van der Waals surface area contributed by atoms with Crippen molar-refractivity contribution in [3.8, 4) is 0 Å². The molecule has 1 saturated heterocycles. The Morgan fingerprint density at radius 2 is 2.10 bits per heavy atom. The monoisotopic (exact) mass is 299 g/mol. The SMILES string of the molecule is CCOC(=O)CC(c1cccc(F)c1F)N1CCOCC1. The van der Waals surface area contributed by atoms with E-state index in [1.807, 2.05) is 4.90 Å². The summed E-state index contributed by atoms with van der Waals surface area (Å²) in [7, 11) is 0. The Morgan fingerprint density at radius 1 is 1.38 bits per heavy atom. The lowest BCUT2D eigenvalue weighted by Crippen LogP contribution is -2.40. The first-order chi connectivity index (χ1) is 10.1. The summed E-state index contributed by atoms with van der Waals surface area (Å²) in [5, 5.41) is 0. The van der Waals surface area contributed by atoms with Crippen molar-refractivity contribution in [2.45, 2.75) is 19.4 Å². The van der Waals surface area contributed by atoms with Crippen LogP contribution in [0.15, 0.2) is 18.2 Å². The number of hydrogen-bond acceptors (Lipinski definition) is 4. The molecule has 0 spiro atoms. The third-order valence-electron chi connectivity index (χ3n) is 3.49. The Labute approximate surface area is 122 Å². The minimum Gasteiger partial charge on any atom is -0.466 e. The fraction of sp³-hybridized carbons (Fsp3) is 0.533. The number of ether oxygens (including phenoxy) is 2. The number of hydrogen-bond donors (Lipinski definition) is 0. The van der Waals surface area contributed by atoms with Crippen LogP contribution in [0.25, 0.3) is 0 Å². The molecular weight excluding hydrogens is 280 g/mol. The van der Waals surface area contributed by atoms with E-state index in [0.29, 0.717) is 26.3 Å². The van der Waals surface area contributed by atoms with Gasteiger partial charge in [0.25, 0.3) is 0 Å². The molecule has 0 aliphatic carbocycles. The normalized spacial score (nSPS) is 17.5. The first-order valence-electron chi connectivity index (χ1n) is 7.04. The van der Waals surface area contributed by atoms with Crippen LogP contribution in [-0.4, -0.2) is 43.8 Å². The van der Waals surface area contributed by atoms with Crippen molar-refractivity contribution >= 4 is 5.97 Å². The highest BCUT2D eigenvalue weighted by Crippen LogP contribution is 2.29. The minimum atomic E-state index is -0.908. The van der Waals surface area contributed by atoms with Crippen molar-refractivity contribution in [2.75, 3.05) is 32.9 Å². The molecule has 21 heavy (non-hydrogen) atoms. The number of halogens is 2. The number of benzene rings is 1. The molecule has 1 unspecified atom stereocenters. The molecule has 1 fully saturated rings. The molecule has 1 aliphatic rings. The van der Waals surface area contributed by atoms with Gasteiger partial charge in [-0.15, -0.1) is 0 Å². The Morgan fingerprint density at radius 3 is 2.76 bits per heavy atom. The maximum Gasteiger partial charge on any atom is 0.307 e. The molecule has 0 aromatic heterocycles. The van der Waals surface area contributed by atoms with Crippen LogP contribution in [0.4, 0.5) is 8.78 Å².